The van der Waals surface area contributed by atoms with Crippen molar-refractivity contribution in [3.05, 3.63) is 76.3 Å². The molecule has 4 rings (SSSR count). The van der Waals surface area contributed by atoms with Crippen molar-refractivity contribution in [2.45, 2.75) is 76.6 Å². The molecule has 2 aromatic rings. The SMILES string of the molecule is CCN(CC1=C(c2ccccc2Cl)S(=O)(=O)N(C)C12CCCCC2)C(=O)[C@@H](COCc1ccccc1)NC(=O)C(C)(C)N. The Labute approximate surface area is 260 Å². The lowest BCUT2D eigenvalue weighted by Gasteiger charge is -2.42. The second kappa shape index (κ2) is 13.5. The third-order valence-electron chi connectivity index (χ3n) is 8.48. The molecule has 3 N–H and O–H groups in total. The van der Waals surface area contributed by atoms with Crippen molar-refractivity contribution < 1.29 is 22.7 Å². The second-order valence-corrected chi connectivity index (χ2v) is 14.3. The van der Waals surface area contributed by atoms with Crippen molar-refractivity contribution in [3.8, 4) is 0 Å². The van der Waals surface area contributed by atoms with Crippen molar-refractivity contribution in [1.29, 1.82) is 0 Å². The summed E-state index contributed by atoms with van der Waals surface area (Å²) >= 11 is 6.59. The first-order valence-corrected chi connectivity index (χ1v) is 16.6. The van der Waals surface area contributed by atoms with Crippen LogP contribution in [-0.2, 0) is 31.0 Å². The van der Waals surface area contributed by atoms with Gasteiger partial charge in [-0.1, -0.05) is 79.4 Å². The molecule has 0 unspecified atom stereocenters. The molecular formula is C32H43ClN4O5S. The fourth-order valence-corrected chi connectivity index (χ4v) is 8.32. The van der Waals surface area contributed by atoms with E-state index >= 15 is 0 Å². The standard InChI is InChI=1S/C32H43ClN4O5S/c1-5-37(29(38)27(35-30(39)31(2,3)34)22-42-21-23-14-8-6-9-15-23)20-25-28(24-16-10-11-17-26(24)33)43(40,41)36(4)32(25)18-12-7-13-19-32/h6,8-11,14-17,27H,5,7,12-13,18-22,34H2,1-4H3,(H,35,39)/t27-/m1/s1. The largest absolute Gasteiger partial charge is 0.374 e. The first kappa shape index (κ1) is 33.1. The fourth-order valence-electron chi connectivity index (χ4n) is 5.99. The number of nitrogens with zero attached hydrogens (tertiary/aromatic N) is 2. The van der Waals surface area contributed by atoms with Crippen LogP contribution < -0.4 is 11.1 Å². The molecule has 43 heavy (non-hydrogen) atoms. The van der Waals surface area contributed by atoms with Gasteiger partial charge in [-0.25, -0.2) is 8.42 Å². The van der Waals surface area contributed by atoms with Crippen LogP contribution in [0.25, 0.3) is 4.91 Å². The third-order valence-corrected chi connectivity index (χ3v) is 10.9. The molecule has 234 valence electrons. The number of hydrogen-bond donors (Lipinski definition) is 2. The van der Waals surface area contributed by atoms with E-state index in [0.29, 0.717) is 29.0 Å². The van der Waals surface area contributed by atoms with E-state index in [9.17, 15) is 18.0 Å². The van der Waals surface area contributed by atoms with Gasteiger partial charge >= 0.3 is 0 Å². The van der Waals surface area contributed by atoms with Gasteiger partial charge in [-0.3, -0.25) is 9.59 Å². The number of sulfonamides is 1. The molecule has 1 atom stereocenters. The first-order valence-electron chi connectivity index (χ1n) is 14.8. The van der Waals surface area contributed by atoms with Crippen molar-refractivity contribution in [1.82, 2.24) is 14.5 Å². The number of hydrogen-bond acceptors (Lipinski definition) is 6. The Morgan fingerprint density at radius 1 is 1.09 bits per heavy atom. The highest BCUT2D eigenvalue weighted by Crippen LogP contribution is 2.52. The van der Waals surface area contributed by atoms with E-state index in [1.165, 1.54) is 4.31 Å². The lowest BCUT2D eigenvalue weighted by molar-refractivity contribution is -0.139. The maximum absolute atomic E-state index is 14.2. The molecular weight excluding hydrogens is 588 g/mol. The van der Waals surface area contributed by atoms with Crippen LogP contribution in [0.1, 0.15) is 64.0 Å². The van der Waals surface area contributed by atoms with E-state index in [4.69, 9.17) is 22.1 Å². The summed E-state index contributed by atoms with van der Waals surface area (Å²) in [7, 11) is -2.27. The number of amides is 2. The van der Waals surface area contributed by atoms with Crippen LogP contribution in [0.5, 0.6) is 0 Å². The zero-order chi connectivity index (χ0) is 31.4. The molecule has 9 nitrogen and oxygen atoms in total. The van der Waals surface area contributed by atoms with Crippen molar-refractivity contribution in [2.24, 2.45) is 5.73 Å². The third kappa shape index (κ3) is 6.99. The van der Waals surface area contributed by atoms with E-state index in [-0.39, 0.29) is 37.1 Å². The second-order valence-electron chi connectivity index (χ2n) is 12.0. The maximum atomic E-state index is 14.2. The monoisotopic (exact) mass is 630 g/mol. The van der Waals surface area contributed by atoms with E-state index in [1.807, 2.05) is 37.3 Å². The van der Waals surface area contributed by atoms with Gasteiger partial charge in [-0.2, -0.15) is 4.31 Å². The Balaban J connectivity index is 1.72. The normalized spacial score (nSPS) is 18.9. The molecule has 1 heterocycles. The lowest BCUT2D eigenvalue weighted by Crippen LogP contribution is -2.58. The number of benzene rings is 2. The van der Waals surface area contributed by atoms with Crippen molar-refractivity contribution in [2.75, 3.05) is 26.7 Å². The number of carbonyl (C=O) groups excluding carboxylic acids is 2. The summed E-state index contributed by atoms with van der Waals surface area (Å²) in [5.41, 5.74) is 6.09. The summed E-state index contributed by atoms with van der Waals surface area (Å²) in [6.07, 6.45) is 4.06. The summed E-state index contributed by atoms with van der Waals surface area (Å²) in [5, 5.41) is 3.12. The van der Waals surface area contributed by atoms with Gasteiger partial charge in [0.2, 0.25) is 21.8 Å². The number of halogens is 1. The quantitative estimate of drug-likeness (QED) is 0.381. The Morgan fingerprint density at radius 3 is 2.33 bits per heavy atom. The molecule has 2 amide bonds. The van der Waals surface area contributed by atoms with Gasteiger partial charge in [0, 0.05) is 30.7 Å². The number of ether oxygens (including phenoxy) is 1. The predicted octanol–water partition coefficient (Wildman–Crippen LogP) is 4.32. The molecule has 11 heteroatoms. The van der Waals surface area contributed by atoms with Crippen molar-refractivity contribution >= 4 is 38.3 Å². The molecule has 0 aromatic heterocycles. The van der Waals surface area contributed by atoms with Crippen LogP contribution in [0.3, 0.4) is 0 Å². The minimum Gasteiger partial charge on any atom is -0.374 e. The number of nitrogens with two attached hydrogens (primary N) is 1. The smallest absolute Gasteiger partial charge is 0.247 e. The van der Waals surface area contributed by atoms with Crippen LogP contribution in [0.15, 0.2) is 60.2 Å². The Morgan fingerprint density at radius 2 is 1.72 bits per heavy atom. The van der Waals surface area contributed by atoms with Crippen LogP contribution in [0.4, 0.5) is 0 Å². The summed E-state index contributed by atoms with van der Waals surface area (Å²) < 4.78 is 35.5. The van der Waals surface area contributed by atoms with Crippen LogP contribution in [0.2, 0.25) is 5.02 Å². The number of nitrogens with one attached hydrogen (secondary N) is 1. The fraction of sp³-hybridized carbons (Fsp3) is 0.500. The molecule has 1 saturated carbocycles. The Kier molecular flexibility index (Phi) is 10.4. The summed E-state index contributed by atoms with van der Waals surface area (Å²) in [4.78, 5) is 28.9. The molecule has 1 spiro atoms. The molecule has 0 saturated heterocycles. The van der Waals surface area contributed by atoms with Gasteiger partial charge in [0.1, 0.15) is 6.04 Å². The minimum atomic E-state index is -3.90. The van der Waals surface area contributed by atoms with Gasteiger partial charge in [-0.05, 0) is 50.8 Å². The Hall–Kier alpha value is -2.76. The highest BCUT2D eigenvalue weighted by molar-refractivity contribution is 7.98. The van der Waals surface area contributed by atoms with Gasteiger partial charge in [0.25, 0.3) is 0 Å². The first-order chi connectivity index (χ1) is 20.3. The minimum absolute atomic E-state index is 0.0660. The molecule has 1 fully saturated rings. The van der Waals surface area contributed by atoms with Crippen LogP contribution in [-0.4, -0.2) is 73.3 Å². The average Bonchev–Trinajstić information content (AvgIpc) is 3.13. The van der Waals surface area contributed by atoms with Crippen LogP contribution in [0, 0.1) is 0 Å². The zero-order valence-electron chi connectivity index (χ0n) is 25.4. The van der Waals surface area contributed by atoms with Crippen molar-refractivity contribution in [3.63, 3.8) is 0 Å². The van der Waals surface area contributed by atoms with Gasteiger partial charge in [-0.15, -0.1) is 0 Å². The van der Waals surface area contributed by atoms with Gasteiger partial charge in [0.05, 0.1) is 29.2 Å². The predicted molar refractivity (Wildman–Crippen MR) is 169 cm³/mol. The number of likely N-dealkylation sites (N-methyl/N-ethyl adjacent to an activating group) is 2. The highest BCUT2D eigenvalue weighted by atomic mass is 35.5. The molecule has 2 aromatic carbocycles. The maximum Gasteiger partial charge on any atom is 0.247 e. The lowest BCUT2D eigenvalue weighted by atomic mass is 9.75. The topological polar surface area (TPSA) is 122 Å². The van der Waals surface area contributed by atoms with E-state index in [1.54, 1.807) is 50.1 Å². The number of rotatable bonds is 11. The summed E-state index contributed by atoms with van der Waals surface area (Å²) in [6, 6.07) is 15.4. The molecule has 0 bridgehead atoms. The zero-order valence-corrected chi connectivity index (χ0v) is 27.0. The number of carbonyl (C=O) groups is 2. The van der Waals surface area contributed by atoms with E-state index in [2.05, 4.69) is 5.32 Å². The van der Waals surface area contributed by atoms with Gasteiger partial charge in [0.15, 0.2) is 0 Å². The summed E-state index contributed by atoms with van der Waals surface area (Å²) in [6.45, 7) is 5.51. The van der Waals surface area contributed by atoms with Crippen LogP contribution >= 0.6 is 11.6 Å². The highest BCUT2D eigenvalue weighted by Gasteiger charge is 2.54. The van der Waals surface area contributed by atoms with E-state index in [0.717, 1.165) is 24.8 Å². The molecule has 1 aliphatic heterocycles. The Bertz CT molecular complexity index is 1450. The molecule has 2 aliphatic rings. The van der Waals surface area contributed by atoms with E-state index < -0.39 is 33.1 Å². The average molecular weight is 631 g/mol. The molecule has 0 radical (unpaired) electrons. The van der Waals surface area contributed by atoms with Gasteiger partial charge < -0.3 is 20.7 Å². The summed E-state index contributed by atoms with van der Waals surface area (Å²) in [5.74, 6) is -0.870. The molecule has 1 aliphatic carbocycles.